The average Bonchev–Trinajstić information content (AvgIpc) is 2.30. The molecule has 0 heterocycles. The van der Waals surface area contributed by atoms with Gasteiger partial charge in [0, 0.05) is 0 Å². The van der Waals surface area contributed by atoms with Crippen LogP contribution in [0.25, 0.3) is 0 Å². The van der Waals surface area contributed by atoms with E-state index in [2.05, 4.69) is 50.1 Å². The van der Waals surface area contributed by atoms with Crippen molar-refractivity contribution in [2.24, 2.45) is 0 Å². The molecule has 1 rings (SSSR count). The molecule has 3 nitrogen and oxygen atoms in total. The third-order valence-electron chi connectivity index (χ3n) is 3.56. The smallest absolute Gasteiger partial charge is 0.234 e. The van der Waals surface area contributed by atoms with Crippen LogP contribution in [-0.4, -0.2) is 36.0 Å². The minimum atomic E-state index is -0.209. The van der Waals surface area contributed by atoms with Crippen molar-refractivity contribution < 1.29 is 4.79 Å². The molecule has 17 heavy (non-hydrogen) atoms. The molecule has 0 radical (unpaired) electrons. The molecule has 0 saturated carbocycles. The van der Waals surface area contributed by atoms with Gasteiger partial charge in [-0.3, -0.25) is 9.69 Å². The minimum Gasteiger partial charge on any atom is -0.346 e. The van der Waals surface area contributed by atoms with Crippen molar-refractivity contribution in [3.05, 3.63) is 23.8 Å². The second kappa shape index (κ2) is 6.01. The lowest BCUT2D eigenvalue weighted by Gasteiger charge is -2.33. The Kier molecular flexibility index (Phi) is 4.94. The lowest BCUT2D eigenvalue weighted by molar-refractivity contribution is -0.123. The number of hydrogen-bond acceptors (Lipinski definition) is 2. The maximum Gasteiger partial charge on any atom is 0.234 e. The van der Waals surface area contributed by atoms with Gasteiger partial charge in [0.2, 0.25) is 5.91 Å². The number of likely N-dealkylation sites (N-methyl/N-ethyl adjacent to an activating group) is 1. The number of amides is 1. The summed E-state index contributed by atoms with van der Waals surface area (Å²) in [4.78, 5) is 14.1. The summed E-state index contributed by atoms with van der Waals surface area (Å²) >= 11 is 0. The summed E-state index contributed by atoms with van der Waals surface area (Å²) in [6.45, 7) is 10.6. The highest BCUT2D eigenvalue weighted by molar-refractivity contribution is 5.79. The molecule has 3 heteroatoms. The average molecular weight is 236 g/mol. The van der Waals surface area contributed by atoms with Gasteiger partial charge in [-0.2, -0.15) is 0 Å². The molecule has 0 spiro atoms. The molecule has 1 aliphatic carbocycles. The van der Waals surface area contributed by atoms with E-state index in [4.69, 9.17) is 0 Å². The van der Waals surface area contributed by atoms with Crippen molar-refractivity contribution in [2.45, 2.75) is 39.7 Å². The Morgan fingerprint density at radius 2 is 2.12 bits per heavy atom. The lowest BCUT2D eigenvalue weighted by atomic mass is 9.86. The van der Waals surface area contributed by atoms with E-state index in [1.165, 1.54) is 5.57 Å². The summed E-state index contributed by atoms with van der Waals surface area (Å²) in [5.41, 5.74) is 1.01. The number of carbonyl (C=O) groups is 1. The van der Waals surface area contributed by atoms with E-state index in [1.54, 1.807) is 0 Å². The minimum absolute atomic E-state index is 0.110. The maximum atomic E-state index is 12.0. The molecular formula is C14H24N2O. The summed E-state index contributed by atoms with van der Waals surface area (Å²) in [5, 5.41) is 3.14. The summed E-state index contributed by atoms with van der Waals surface area (Å²) in [6.07, 6.45) is 7.10. The third-order valence-corrected chi connectivity index (χ3v) is 3.56. The molecule has 0 aromatic heterocycles. The Labute approximate surface area is 105 Å². The van der Waals surface area contributed by atoms with Crippen LogP contribution in [0.1, 0.15) is 34.1 Å². The van der Waals surface area contributed by atoms with E-state index in [9.17, 15) is 4.79 Å². The van der Waals surface area contributed by atoms with Gasteiger partial charge in [0.15, 0.2) is 0 Å². The summed E-state index contributed by atoms with van der Waals surface area (Å²) in [7, 11) is 0. The van der Waals surface area contributed by atoms with E-state index in [1.807, 2.05) is 6.08 Å². The zero-order valence-corrected chi connectivity index (χ0v) is 11.4. The molecule has 0 fully saturated rings. The Bertz CT molecular complexity index is 329. The highest BCUT2D eigenvalue weighted by Gasteiger charge is 2.28. The van der Waals surface area contributed by atoms with Crippen molar-refractivity contribution in [3.8, 4) is 0 Å². The number of hydrogen-bond donors (Lipinski definition) is 1. The van der Waals surface area contributed by atoms with Crippen LogP contribution in [0.2, 0.25) is 0 Å². The van der Waals surface area contributed by atoms with E-state index in [0.717, 1.165) is 19.5 Å². The van der Waals surface area contributed by atoms with Gasteiger partial charge in [0.25, 0.3) is 0 Å². The van der Waals surface area contributed by atoms with E-state index >= 15 is 0 Å². The predicted molar refractivity (Wildman–Crippen MR) is 71.8 cm³/mol. The zero-order chi connectivity index (χ0) is 12.9. The fourth-order valence-corrected chi connectivity index (χ4v) is 2.01. The van der Waals surface area contributed by atoms with Crippen LogP contribution >= 0.6 is 0 Å². The normalized spacial score (nSPS) is 23.7. The van der Waals surface area contributed by atoms with E-state index in [0.29, 0.717) is 6.54 Å². The monoisotopic (exact) mass is 236 g/mol. The first-order valence-corrected chi connectivity index (χ1v) is 6.39. The molecule has 0 aromatic rings. The SMILES string of the molecule is CCN(CC)CC(=O)NC1(C)CC=CC=C1C. The fraction of sp³-hybridized carbons (Fsp3) is 0.643. The van der Waals surface area contributed by atoms with Gasteiger partial charge in [-0.1, -0.05) is 32.1 Å². The second-order valence-electron chi connectivity index (χ2n) is 4.82. The van der Waals surface area contributed by atoms with Crippen molar-refractivity contribution in [1.82, 2.24) is 10.2 Å². The Hall–Kier alpha value is -1.09. The van der Waals surface area contributed by atoms with Crippen LogP contribution in [0.15, 0.2) is 23.8 Å². The van der Waals surface area contributed by atoms with Gasteiger partial charge in [-0.15, -0.1) is 0 Å². The first-order chi connectivity index (χ1) is 8.01. The Morgan fingerprint density at radius 1 is 1.47 bits per heavy atom. The summed E-state index contributed by atoms with van der Waals surface area (Å²) in [6, 6.07) is 0. The number of allylic oxidation sites excluding steroid dienone is 2. The molecule has 1 amide bonds. The third kappa shape index (κ3) is 3.70. The van der Waals surface area contributed by atoms with Gasteiger partial charge in [0.05, 0.1) is 12.1 Å². The van der Waals surface area contributed by atoms with Gasteiger partial charge in [-0.05, 0) is 38.9 Å². The first-order valence-electron chi connectivity index (χ1n) is 6.39. The maximum absolute atomic E-state index is 12.0. The quantitative estimate of drug-likeness (QED) is 0.793. The standard InChI is InChI=1S/C14H24N2O/c1-5-16(6-2)11-13(17)15-14(4)10-8-7-9-12(14)3/h7-9H,5-6,10-11H2,1-4H3,(H,15,17). The molecule has 0 aliphatic heterocycles. The van der Waals surface area contributed by atoms with E-state index in [-0.39, 0.29) is 11.4 Å². The largest absolute Gasteiger partial charge is 0.346 e. The van der Waals surface area contributed by atoms with E-state index < -0.39 is 0 Å². The van der Waals surface area contributed by atoms with Crippen molar-refractivity contribution in [3.63, 3.8) is 0 Å². The molecule has 0 bridgehead atoms. The summed E-state index contributed by atoms with van der Waals surface area (Å²) in [5.74, 6) is 0.110. The zero-order valence-electron chi connectivity index (χ0n) is 11.4. The lowest BCUT2D eigenvalue weighted by Crippen LogP contribution is -2.50. The second-order valence-corrected chi connectivity index (χ2v) is 4.82. The van der Waals surface area contributed by atoms with Crippen LogP contribution in [0.3, 0.4) is 0 Å². The first kappa shape index (κ1) is 14.0. The van der Waals surface area contributed by atoms with Crippen LogP contribution in [0.5, 0.6) is 0 Å². The molecule has 1 unspecified atom stereocenters. The Morgan fingerprint density at radius 3 is 2.65 bits per heavy atom. The van der Waals surface area contributed by atoms with Gasteiger partial charge < -0.3 is 5.32 Å². The predicted octanol–water partition coefficient (Wildman–Crippen LogP) is 2.11. The highest BCUT2D eigenvalue weighted by Crippen LogP contribution is 2.24. The van der Waals surface area contributed by atoms with Crippen LogP contribution in [-0.2, 0) is 4.79 Å². The fourth-order valence-electron chi connectivity index (χ4n) is 2.01. The molecule has 0 aromatic carbocycles. The molecule has 0 saturated heterocycles. The van der Waals surface area contributed by atoms with Crippen LogP contribution < -0.4 is 5.32 Å². The number of nitrogens with one attached hydrogen (secondary N) is 1. The number of rotatable bonds is 5. The Balaban J connectivity index is 2.56. The van der Waals surface area contributed by atoms with Gasteiger partial charge >= 0.3 is 0 Å². The molecule has 96 valence electrons. The van der Waals surface area contributed by atoms with Crippen molar-refractivity contribution >= 4 is 5.91 Å². The molecule has 1 atom stereocenters. The number of nitrogens with zero attached hydrogens (tertiary/aromatic N) is 1. The van der Waals surface area contributed by atoms with Crippen LogP contribution in [0, 0.1) is 0 Å². The van der Waals surface area contributed by atoms with Crippen molar-refractivity contribution in [1.29, 1.82) is 0 Å². The summed E-state index contributed by atoms with van der Waals surface area (Å²) < 4.78 is 0. The van der Waals surface area contributed by atoms with Crippen molar-refractivity contribution in [2.75, 3.05) is 19.6 Å². The highest BCUT2D eigenvalue weighted by atomic mass is 16.2. The molecule has 1 N–H and O–H groups in total. The van der Waals surface area contributed by atoms with Gasteiger partial charge in [-0.25, -0.2) is 0 Å². The van der Waals surface area contributed by atoms with Crippen LogP contribution in [0.4, 0.5) is 0 Å². The van der Waals surface area contributed by atoms with Gasteiger partial charge in [0.1, 0.15) is 0 Å². The molecular weight excluding hydrogens is 212 g/mol. The number of carbonyl (C=O) groups excluding carboxylic acids is 1. The topological polar surface area (TPSA) is 32.3 Å². The molecule has 1 aliphatic rings.